The Hall–Kier alpha value is -3.08. The minimum Gasteiger partial charge on any atom is -0.491 e. The lowest BCUT2D eigenvalue weighted by atomic mass is 9.78. The van der Waals surface area contributed by atoms with E-state index >= 15 is 0 Å². The third kappa shape index (κ3) is 5.66. The lowest BCUT2D eigenvalue weighted by molar-refractivity contribution is 0.314. The van der Waals surface area contributed by atoms with E-state index in [1.54, 1.807) is 43.3 Å². The predicted molar refractivity (Wildman–Crippen MR) is 136 cm³/mol. The van der Waals surface area contributed by atoms with Gasteiger partial charge in [0.1, 0.15) is 0 Å². The number of hydrogen-bond donors (Lipinski definition) is 0. The highest BCUT2D eigenvalue weighted by Gasteiger charge is 2.25. The number of rotatable bonds is 8. The summed E-state index contributed by atoms with van der Waals surface area (Å²) >= 11 is 0. The molecule has 4 rings (SSSR count). The standard InChI is InChI=1S/C31H32F4O/c1-3-5-20-6-11-22(12-7-20)25-17-16-24(28(32)29(25)33)15-10-21-8-13-23(14-9-21)26-18-19-27(36-4-2)31(35)30(26)34/h3,5,8-9,13-14,16-20,22H,4,6-7,10-12,15H2,1-2H3/b5-3+. The van der Waals surface area contributed by atoms with E-state index in [0.717, 1.165) is 31.2 Å². The molecule has 0 aliphatic heterocycles. The summed E-state index contributed by atoms with van der Waals surface area (Å²) in [5.74, 6) is -2.95. The van der Waals surface area contributed by atoms with Gasteiger partial charge in [-0.15, -0.1) is 0 Å². The molecule has 0 N–H and O–H groups in total. The first-order valence-corrected chi connectivity index (χ1v) is 12.7. The molecule has 1 saturated carbocycles. The Bertz CT molecular complexity index is 1210. The average Bonchev–Trinajstić information content (AvgIpc) is 2.89. The summed E-state index contributed by atoms with van der Waals surface area (Å²) in [6.45, 7) is 3.96. The van der Waals surface area contributed by atoms with E-state index in [4.69, 9.17) is 4.74 Å². The molecule has 0 saturated heterocycles. The van der Waals surface area contributed by atoms with Crippen LogP contribution in [-0.2, 0) is 12.8 Å². The van der Waals surface area contributed by atoms with E-state index in [-0.39, 0.29) is 23.8 Å². The van der Waals surface area contributed by atoms with Gasteiger partial charge in [-0.3, -0.25) is 0 Å². The van der Waals surface area contributed by atoms with E-state index < -0.39 is 23.3 Å². The summed E-state index contributed by atoms with van der Waals surface area (Å²) in [6.07, 6.45) is 8.86. The first-order chi connectivity index (χ1) is 17.4. The van der Waals surface area contributed by atoms with Gasteiger partial charge in [0.05, 0.1) is 6.61 Å². The van der Waals surface area contributed by atoms with Gasteiger partial charge in [0.25, 0.3) is 0 Å². The van der Waals surface area contributed by atoms with Crippen LogP contribution in [0.1, 0.15) is 62.1 Å². The fourth-order valence-corrected chi connectivity index (χ4v) is 5.16. The fraction of sp³-hybridized carbons (Fsp3) is 0.355. The normalized spacial score (nSPS) is 18.1. The molecule has 190 valence electrons. The van der Waals surface area contributed by atoms with E-state index in [0.29, 0.717) is 35.4 Å². The van der Waals surface area contributed by atoms with Gasteiger partial charge in [-0.25, -0.2) is 13.2 Å². The molecule has 0 spiro atoms. The quantitative estimate of drug-likeness (QED) is 0.223. The summed E-state index contributed by atoms with van der Waals surface area (Å²) in [4.78, 5) is 0. The molecular formula is C31H32F4O. The first-order valence-electron chi connectivity index (χ1n) is 12.7. The average molecular weight is 497 g/mol. The molecule has 1 fully saturated rings. The predicted octanol–water partition coefficient (Wildman–Crippen LogP) is 8.94. The Kier molecular flexibility index (Phi) is 8.50. The van der Waals surface area contributed by atoms with Crippen molar-refractivity contribution in [1.82, 2.24) is 0 Å². The second kappa shape index (κ2) is 11.8. The van der Waals surface area contributed by atoms with Crippen LogP contribution < -0.4 is 4.74 Å². The monoisotopic (exact) mass is 496 g/mol. The van der Waals surface area contributed by atoms with Crippen molar-refractivity contribution in [3.05, 3.63) is 101 Å². The Morgan fingerprint density at radius 1 is 0.778 bits per heavy atom. The highest BCUT2D eigenvalue weighted by molar-refractivity contribution is 5.65. The largest absolute Gasteiger partial charge is 0.491 e. The number of hydrogen-bond acceptors (Lipinski definition) is 1. The summed E-state index contributed by atoms with van der Waals surface area (Å²) in [6, 6.07) is 13.4. The Morgan fingerprint density at radius 2 is 1.50 bits per heavy atom. The zero-order chi connectivity index (χ0) is 25.7. The van der Waals surface area contributed by atoms with Crippen LogP contribution in [0.4, 0.5) is 17.6 Å². The van der Waals surface area contributed by atoms with Crippen LogP contribution in [0, 0.1) is 29.2 Å². The number of halogens is 4. The molecule has 5 heteroatoms. The maximum Gasteiger partial charge on any atom is 0.201 e. The number of allylic oxidation sites excluding steroid dienone is 2. The SMILES string of the molecule is C/C=C/C1CCC(c2ccc(CCc3ccc(-c4ccc(OCC)c(F)c4F)cc3)c(F)c2F)CC1. The molecule has 0 radical (unpaired) electrons. The first kappa shape index (κ1) is 26.0. The molecule has 1 aliphatic carbocycles. The van der Waals surface area contributed by atoms with Crippen molar-refractivity contribution in [3.63, 3.8) is 0 Å². The minimum absolute atomic E-state index is 0.0652. The van der Waals surface area contributed by atoms with Gasteiger partial charge in [0.15, 0.2) is 23.2 Å². The number of benzene rings is 3. The second-order valence-corrected chi connectivity index (χ2v) is 9.45. The van der Waals surface area contributed by atoms with Crippen molar-refractivity contribution in [1.29, 1.82) is 0 Å². The lowest BCUT2D eigenvalue weighted by Crippen LogP contribution is -2.14. The summed E-state index contributed by atoms with van der Waals surface area (Å²) in [7, 11) is 0. The highest BCUT2D eigenvalue weighted by atomic mass is 19.2. The Morgan fingerprint density at radius 3 is 2.17 bits per heavy atom. The van der Waals surface area contributed by atoms with Crippen molar-refractivity contribution in [2.24, 2.45) is 5.92 Å². The van der Waals surface area contributed by atoms with Crippen molar-refractivity contribution >= 4 is 0 Å². The van der Waals surface area contributed by atoms with Gasteiger partial charge >= 0.3 is 0 Å². The van der Waals surface area contributed by atoms with Crippen LogP contribution in [0.5, 0.6) is 5.75 Å². The van der Waals surface area contributed by atoms with Crippen LogP contribution in [0.2, 0.25) is 0 Å². The smallest absolute Gasteiger partial charge is 0.201 e. The van der Waals surface area contributed by atoms with E-state index in [2.05, 4.69) is 12.2 Å². The molecule has 0 amide bonds. The van der Waals surface area contributed by atoms with Crippen LogP contribution >= 0.6 is 0 Å². The van der Waals surface area contributed by atoms with E-state index in [9.17, 15) is 17.6 Å². The van der Waals surface area contributed by atoms with E-state index in [1.807, 2.05) is 6.92 Å². The number of aryl methyl sites for hydroxylation is 2. The molecule has 0 aromatic heterocycles. The summed E-state index contributed by atoms with van der Waals surface area (Å²) < 4.78 is 63.7. The molecule has 0 atom stereocenters. The molecule has 1 nitrogen and oxygen atoms in total. The zero-order valence-electron chi connectivity index (χ0n) is 20.8. The zero-order valence-corrected chi connectivity index (χ0v) is 20.8. The van der Waals surface area contributed by atoms with Crippen molar-refractivity contribution in [2.75, 3.05) is 6.61 Å². The highest BCUT2D eigenvalue weighted by Crippen LogP contribution is 2.38. The lowest BCUT2D eigenvalue weighted by Gasteiger charge is -2.27. The Balaban J connectivity index is 1.41. The summed E-state index contributed by atoms with van der Waals surface area (Å²) in [5.41, 5.74) is 2.42. The van der Waals surface area contributed by atoms with E-state index in [1.165, 1.54) is 12.1 Å². The third-order valence-corrected chi connectivity index (χ3v) is 7.16. The maximum atomic E-state index is 14.9. The molecule has 0 unspecified atom stereocenters. The molecule has 1 aliphatic rings. The van der Waals surface area contributed by atoms with Crippen molar-refractivity contribution in [2.45, 2.75) is 58.3 Å². The molecule has 36 heavy (non-hydrogen) atoms. The van der Waals surface area contributed by atoms with Gasteiger partial charge in [0.2, 0.25) is 5.82 Å². The molecule has 3 aromatic rings. The third-order valence-electron chi connectivity index (χ3n) is 7.16. The van der Waals surface area contributed by atoms with Crippen LogP contribution in [0.3, 0.4) is 0 Å². The van der Waals surface area contributed by atoms with Crippen molar-refractivity contribution < 1.29 is 22.3 Å². The molecule has 0 bridgehead atoms. The van der Waals surface area contributed by atoms with Gasteiger partial charge in [-0.2, -0.15) is 4.39 Å². The van der Waals surface area contributed by atoms with Gasteiger partial charge in [-0.1, -0.05) is 48.6 Å². The van der Waals surface area contributed by atoms with Crippen LogP contribution in [0.25, 0.3) is 11.1 Å². The number of ether oxygens (including phenoxy) is 1. The van der Waals surface area contributed by atoms with Crippen LogP contribution in [0.15, 0.2) is 60.7 Å². The molecule has 3 aromatic carbocycles. The van der Waals surface area contributed by atoms with Crippen molar-refractivity contribution in [3.8, 4) is 16.9 Å². The van der Waals surface area contributed by atoms with Crippen LogP contribution in [-0.4, -0.2) is 6.61 Å². The summed E-state index contributed by atoms with van der Waals surface area (Å²) in [5, 5.41) is 0. The van der Waals surface area contributed by atoms with Gasteiger partial charge in [0, 0.05) is 5.56 Å². The second-order valence-electron chi connectivity index (χ2n) is 9.45. The van der Waals surface area contributed by atoms with Gasteiger partial charge < -0.3 is 4.74 Å². The minimum atomic E-state index is -1.01. The maximum absolute atomic E-state index is 14.9. The molecule has 0 heterocycles. The van der Waals surface area contributed by atoms with Gasteiger partial charge in [-0.05, 0) is 98.6 Å². The Labute approximate surface area is 210 Å². The molecular weight excluding hydrogens is 464 g/mol. The fourth-order valence-electron chi connectivity index (χ4n) is 5.16. The topological polar surface area (TPSA) is 9.23 Å².